The Bertz CT molecular complexity index is 596. The number of hydrogen-bond acceptors (Lipinski definition) is 3. The van der Waals surface area contributed by atoms with E-state index in [2.05, 4.69) is 5.43 Å². The van der Waals surface area contributed by atoms with Crippen LogP contribution in [0.3, 0.4) is 0 Å². The van der Waals surface area contributed by atoms with Gasteiger partial charge in [-0.3, -0.25) is 5.84 Å². The highest BCUT2D eigenvalue weighted by molar-refractivity contribution is 5.41. The zero-order chi connectivity index (χ0) is 14.7. The van der Waals surface area contributed by atoms with Crippen molar-refractivity contribution in [1.29, 1.82) is 0 Å². The molecule has 2 aromatic carbocycles. The number of hydrogen-bond donors (Lipinski definition) is 2. The molecule has 106 valence electrons. The number of nitrogens with two attached hydrogens (primary N) is 1. The molecule has 1 atom stereocenters. The van der Waals surface area contributed by atoms with Crippen molar-refractivity contribution in [2.24, 2.45) is 5.84 Å². The first-order chi connectivity index (χ1) is 9.58. The lowest BCUT2D eigenvalue weighted by molar-refractivity contribution is 0.403. The van der Waals surface area contributed by atoms with E-state index in [0.29, 0.717) is 11.3 Å². The van der Waals surface area contributed by atoms with E-state index in [-0.39, 0.29) is 5.56 Å². The third-order valence-electron chi connectivity index (χ3n) is 2.96. The first-order valence-electron chi connectivity index (χ1n) is 5.82. The van der Waals surface area contributed by atoms with Gasteiger partial charge in [-0.05, 0) is 23.8 Å². The van der Waals surface area contributed by atoms with Gasteiger partial charge in [0.1, 0.15) is 5.75 Å². The number of para-hydroxylation sites is 1. The summed E-state index contributed by atoms with van der Waals surface area (Å²) in [6, 6.07) is 7.94. The molecule has 20 heavy (non-hydrogen) atoms. The Morgan fingerprint density at radius 1 is 1.10 bits per heavy atom. The van der Waals surface area contributed by atoms with Gasteiger partial charge in [0.15, 0.2) is 17.5 Å². The van der Waals surface area contributed by atoms with Crippen molar-refractivity contribution < 1.29 is 17.9 Å². The van der Waals surface area contributed by atoms with E-state index in [0.717, 1.165) is 12.1 Å². The monoisotopic (exact) mass is 282 g/mol. The van der Waals surface area contributed by atoms with Gasteiger partial charge in [0.25, 0.3) is 0 Å². The maximum atomic E-state index is 13.3. The summed E-state index contributed by atoms with van der Waals surface area (Å²) in [6.45, 7) is 0. The maximum Gasteiger partial charge on any atom is 0.194 e. The van der Waals surface area contributed by atoms with Gasteiger partial charge in [0.05, 0.1) is 13.2 Å². The van der Waals surface area contributed by atoms with Gasteiger partial charge in [0, 0.05) is 5.56 Å². The molecular weight excluding hydrogens is 269 g/mol. The Morgan fingerprint density at radius 2 is 1.70 bits per heavy atom. The normalized spacial score (nSPS) is 12.2. The molecule has 0 heterocycles. The maximum absolute atomic E-state index is 13.3. The van der Waals surface area contributed by atoms with Gasteiger partial charge in [0.2, 0.25) is 0 Å². The highest BCUT2D eigenvalue weighted by Gasteiger charge is 2.20. The number of nitrogens with one attached hydrogen (secondary N) is 1. The molecule has 0 aliphatic carbocycles. The quantitative estimate of drug-likeness (QED) is 0.515. The lowest BCUT2D eigenvalue weighted by atomic mass is 9.98. The second-order valence-corrected chi connectivity index (χ2v) is 4.14. The topological polar surface area (TPSA) is 47.3 Å². The molecule has 3 nitrogen and oxygen atoms in total. The fourth-order valence-corrected chi connectivity index (χ4v) is 2.01. The molecule has 0 aliphatic heterocycles. The van der Waals surface area contributed by atoms with Crippen molar-refractivity contribution in [3.05, 3.63) is 65.0 Å². The summed E-state index contributed by atoms with van der Waals surface area (Å²) in [6.07, 6.45) is 0. The molecule has 1 unspecified atom stereocenters. The number of methoxy groups -OCH3 is 1. The van der Waals surface area contributed by atoms with Crippen molar-refractivity contribution in [2.75, 3.05) is 7.11 Å². The van der Waals surface area contributed by atoms with Gasteiger partial charge in [-0.1, -0.05) is 18.2 Å². The molecule has 0 fully saturated rings. The predicted octanol–water partition coefficient (Wildman–Crippen LogP) is 2.67. The van der Waals surface area contributed by atoms with E-state index in [4.69, 9.17) is 10.6 Å². The average molecular weight is 282 g/mol. The smallest absolute Gasteiger partial charge is 0.194 e. The van der Waals surface area contributed by atoms with Crippen LogP contribution in [0.1, 0.15) is 17.2 Å². The molecule has 0 bridgehead atoms. The van der Waals surface area contributed by atoms with Gasteiger partial charge in [-0.15, -0.1) is 0 Å². The fourth-order valence-electron chi connectivity index (χ4n) is 2.01. The molecule has 0 saturated heterocycles. The summed E-state index contributed by atoms with van der Waals surface area (Å²) in [5.41, 5.74) is 3.19. The van der Waals surface area contributed by atoms with Crippen LogP contribution in [0.15, 0.2) is 36.4 Å². The number of rotatable bonds is 4. The largest absolute Gasteiger partial charge is 0.496 e. The van der Waals surface area contributed by atoms with Crippen LogP contribution in [0.25, 0.3) is 0 Å². The van der Waals surface area contributed by atoms with Gasteiger partial charge >= 0.3 is 0 Å². The number of benzene rings is 2. The molecule has 0 saturated carbocycles. The van der Waals surface area contributed by atoms with E-state index in [1.807, 2.05) is 0 Å². The van der Waals surface area contributed by atoms with Crippen molar-refractivity contribution in [1.82, 2.24) is 5.43 Å². The summed E-state index contributed by atoms with van der Waals surface area (Å²) in [7, 11) is 1.47. The molecule has 0 aromatic heterocycles. The van der Waals surface area contributed by atoms with Gasteiger partial charge in [-0.25, -0.2) is 18.6 Å². The van der Waals surface area contributed by atoms with Gasteiger partial charge < -0.3 is 4.74 Å². The van der Waals surface area contributed by atoms with E-state index in [9.17, 15) is 13.2 Å². The zero-order valence-electron chi connectivity index (χ0n) is 10.7. The first kappa shape index (κ1) is 14.4. The van der Waals surface area contributed by atoms with Crippen molar-refractivity contribution >= 4 is 0 Å². The number of ether oxygens (including phenoxy) is 1. The molecule has 6 heteroatoms. The minimum absolute atomic E-state index is 0.161. The highest BCUT2D eigenvalue weighted by atomic mass is 19.2. The lowest BCUT2D eigenvalue weighted by Gasteiger charge is -2.19. The third-order valence-corrected chi connectivity index (χ3v) is 2.96. The minimum atomic E-state index is -1.51. The second kappa shape index (κ2) is 5.94. The SMILES string of the molecule is COc1ccccc1C(NN)c1cc(F)c(F)c(F)c1. The van der Waals surface area contributed by atoms with Crippen LogP contribution in [-0.2, 0) is 0 Å². The summed E-state index contributed by atoms with van der Waals surface area (Å²) in [5.74, 6) is 1.91. The van der Waals surface area contributed by atoms with E-state index in [1.54, 1.807) is 24.3 Å². The van der Waals surface area contributed by atoms with Crippen LogP contribution >= 0.6 is 0 Å². The summed E-state index contributed by atoms with van der Waals surface area (Å²) in [4.78, 5) is 0. The number of hydrazine groups is 1. The third kappa shape index (κ3) is 2.61. The lowest BCUT2D eigenvalue weighted by Crippen LogP contribution is -2.29. The first-order valence-corrected chi connectivity index (χ1v) is 5.82. The Balaban J connectivity index is 2.52. The number of halogens is 3. The summed E-state index contributed by atoms with van der Waals surface area (Å²) >= 11 is 0. The average Bonchev–Trinajstić information content (AvgIpc) is 2.46. The minimum Gasteiger partial charge on any atom is -0.496 e. The van der Waals surface area contributed by atoms with E-state index in [1.165, 1.54) is 7.11 Å². The van der Waals surface area contributed by atoms with Crippen molar-refractivity contribution in [2.45, 2.75) is 6.04 Å². The molecule has 2 rings (SSSR count). The molecule has 0 spiro atoms. The molecule has 0 radical (unpaired) electrons. The van der Waals surface area contributed by atoms with E-state index < -0.39 is 23.5 Å². The highest BCUT2D eigenvalue weighted by Crippen LogP contribution is 2.30. The van der Waals surface area contributed by atoms with Crippen LogP contribution in [0.2, 0.25) is 0 Å². The summed E-state index contributed by atoms with van der Waals surface area (Å²) < 4.78 is 44.8. The fraction of sp³-hybridized carbons (Fsp3) is 0.143. The predicted molar refractivity (Wildman–Crippen MR) is 68.5 cm³/mol. The molecule has 0 aliphatic rings. The zero-order valence-corrected chi connectivity index (χ0v) is 10.7. The molecular formula is C14H13F3N2O. The Labute approximate surface area is 114 Å². The van der Waals surface area contributed by atoms with Crippen LogP contribution in [0, 0.1) is 17.5 Å². The Hall–Kier alpha value is -2.05. The Kier molecular flexibility index (Phi) is 4.26. The summed E-state index contributed by atoms with van der Waals surface area (Å²) in [5, 5.41) is 0. The van der Waals surface area contributed by atoms with Crippen LogP contribution in [0.4, 0.5) is 13.2 Å². The Morgan fingerprint density at radius 3 is 2.25 bits per heavy atom. The van der Waals surface area contributed by atoms with Crippen molar-refractivity contribution in [3.8, 4) is 5.75 Å². The molecule has 3 N–H and O–H groups in total. The standard InChI is InChI=1S/C14H13F3N2O/c1-20-12-5-3-2-4-9(12)14(19-18)8-6-10(15)13(17)11(16)7-8/h2-7,14,19H,18H2,1H3. The van der Waals surface area contributed by atoms with Crippen LogP contribution < -0.4 is 16.0 Å². The van der Waals surface area contributed by atoms with Crippen LogP contribution in [0.5, 0.6) is 5.75 Å². The molecule has 0 amide bonds. The second-order valence-electron chi connectivity index (χ2n) is 4.14. The van der Waals surface area contributed by atoms with E-state index >= 15 is 0 Å². The van der Waals surface area contributed by atoms with Gasteiger partial charge in [-0.2, -0.15) is 0 Å². The van der Waals surface area contributed by atoms with Crippen molar-refractivity contribution in [3.63, 3.8) is 0 Å². The molecule has 2 aromatic rings. The van der Waals surface area contributed by atoms with Crippen LogP contribution in [-0.4, -0.2) is 7.11 Å².